The molecule has 0 aromatic carbocycles. The van der Waals surface area contributed by atoms with Crippen molar-refractivity contribution in [2.75, 3.05) is 13.1 Å². The highest BCUT2D eigenvalue weighted by molar-refractivity contribution is 4.96. The summed E-state index contributed by atoms with van der Waals surface area (Å²) in [5, 5.41) is 0. The zero-order valence-corrected chi connectivity index (χ0v) is 14.8. The molecule has 2 nitrogen and oxygen atoms in total. The normalized spacial score (nSPS) is 42.5. The first-order valence-corrected chi connectivity index (χ1v) is 10.2. The van der Waals surface area contributed by atoms with Crippen LogP contribution in [0.1, 0.15) is 84.0 Å². The van der Waals surface area contributed by atoms with Gasteiger partial charge in [0, 0.05) is 25.2 Å². The van der Waals surface area contributed by atoms with Crippen molar-refractivity contribution in [3.8, 4) is 0 Å². The molecule has 128 valence electrons. The standard InChI is InChI=1S/C20H38N2/c1-16-8-4-2-3-5-10-19(11-7-6-9-16)22-14-17-12-13-18(15-22)20(17)21/h16-20H,2-15,21H2,1H3/t16?,17-,18+,19?,20-. The quantitative estimate of drug-likeness (QED) is 0.768. The molecule has 2 unspecified atom stereocenters. The predicted octanol–water partition coefficient (Wildman–Crippen LogP) is 4.57. The maximum atomic E-state index is 6.40. The van der Waals surface area contributed by atoms with Gasteiger partial charge in [-0.25, -0.2) is 0 Å². The largest absolute Gasteiger partial charge is 0.327 e. The molecule has 5 atom stereocenters. The van der Waals surface area contributed by atoms with Crippen LogP contribution in [0.2, 0.25) is 0 Å². The molecule has 3 aliphatic rings. The molecule has 0 spiro atoms. The molecule has 3 rings (SSSR count). The van der Waals surface area contributed by atoms with Gasteiger partial charge in [0.15, 0.2) is 0 Å². The first kappa shape index (κ1) is 16.8. The molecule has 3 fully saturated rings. The van der Waals surface area contributed by atoms with E-state index in [1.807, 2.05) is 0 Å². The molecule has 0 amide bonds. The number of nitrogens with zero attached hydrogens (tertiary/aromatic N) is 1. The van der Waals surface area contributed by atoms with Gasteiger partial charge in [0.2, 0.25) is 0 Å². The molecule has 0 aromatic rings. The molecular formula is C20H38N2. The number of nitrogens with two attached hydrogens (primary N) is 1. The lowest BCUT2D eigenvalue weighted by atomic mass is 9.88. The second kappa shape index (κ2) is 8.15. The van der Waals surface area contributed by atoms with Gasteiger partial charge in [-0.2, -0.15) is 0 Å². The second-order valence-corrected chi connectivity index (χ2v) is 8.66. The van der Waals surface area contributed by atoms with E-state index in [2.05, 4.69) is 11.8 Å². The van der Waals surface area contributed by atoms with Crippen LogP contribution in [-0.4, -0.2) is 30.1 Å². The van der Waals surface area contributed by atoms with Gasteiger partial charge < -0.3 is 5.73 Å². The molecule has 0 radical (unpaired) electrons. The zero-order valence-electron chi connectivity index (χ0n) is 14.8. The molecule has 1 saturated heterocycles. The summed E-state index contributed by atoms with van der Waals surface area (Å²) in [6, 6.07) is 1.38. The summed E-state index contributed by atoms with van der Waals surface area (Å²) in [4.78, 5) is 2.86. The number of likely N-dealkylation sites (tertiary alicyclic amines) is 1. The SMILES string of the molecule is CC1CCCCCCC(N2C[C@H]3CC[C@@H](C2)[C@@H]3N)CCCC1. The van der Waals surface area contributed by atoms with E-state index in [-0.39, 0.29) is 0 Å². The van der Waals surface area contributed by atoms with E-state index in [0.29, 0.717) is 6.04 Å². The van der Waals surface area contributed by atoms with E-state index >= 15 is 0 Å². The van der Waals surface area contributed by atoms with Crippen molar-refractivity contribution in [1.29, 1.82) is 0 Å². The summed E-state index contributed by atoms with van der Waals surface area (Å²) in [5.74, 6) is 2.57. The first-order chi connectivity index (χ1) is 10.7. The summed E-state index contributed by atoms with van der Waals surface area (Å²) in [6.07, 6.45) is 17.4. The first-order valence-electron chi connectivity index (χ1n) is 10.2. The molecule has 2 saturated carbocycles. The van der Waals surface area contributed by atoms with Crippen molar-refractivity contribution in [3.63, 3.8) is 0 Å². The Bertz CT molecular complexity index is 316. The van der Waals surface area contributed by atoms with Crippen molar-refractivity contribution in [3.05, 3.63) is 0 Å². The Hall–Kier alpha value is -0.0800. The lowest BCUT2D eigenvalue weighted by Gasteiger charge is -2.41. The smallest absolute Gasteiger partial charge is 0.0120 e. The van der Waals surface area contributed by atoms with Crippen molar-refractivity contribution < 1.29 is 0 Å². The van der Waals surface area contributed by atoms with Gasteiger partial charge in [0.05, 0.1) is 0 Å². The molecule has 2 aliphatic carbocycles. The fraction of sp³-hybridized carbons (Fsp3) is 1.00. The molecule has 2 heteroatoms. The average molecular weight is 307 g/mol. The highest BCUT2D eigenvalue weighted by Crippen LogP contribution is 2.37. The van der Waals surface area contributed by atoms with Crippen LogP contribution in [0.4, 0.5) is 0 Å². The summed E-state index contributed by atoms with van der Waals surface area (Å²) in [5.41, 5.74) is 6.40. The van der Waals surface area contributed by atoms with Crippen LogP contribution in [0.15, 0.2) is 0 Å². The Morgan fingerprint density at radius 2 is 1.18 bits per heavy atom. The summed E-state index contributed by atoms with van der Waals surface area (Å²) in [7, 11) is 0. The molecule has 1 heterocycles. The summed E-state index contributed by atoms with van der Waals surface area (Å²) in [6.45, 7) is 5.07. The van der Waals surface area contributed by atoms with Crippen LogP contribution in [0, 0.1) is 17.8 Å². The monoisotopic (exact) mass is 306 g/mol. The average Bonchev–Trinajstić information content (AvgIpc) is 2.73. The van der Waals surface area contributed by atoms with Gasteiger partial charge in [-0.3, -0.25) is 4.90 Å². The predicted molar refractivity (Wildman–Crippen MR) is 94.9 cm³/mol. The Balaban J connectivity index is 1.53. The van der Waals surface area contributed by atoms with Gasteiger partial charge >= 0.3 is 0 Å². The third-order valence-electron chi connectivity index (χ3n) is 6.92. The molecule has 22 heavy (non-hydrogen) atoms. The van der Waals surface area contributed by atoms with Crippen molar-refractivity contribution in [2.45, 2.75) is 96.1 Å². The van der Waals surface area contributed by atoms with Crippen molar-refractivity contribution in [2.24, 2.45) is 23.5 Å². The lowest BCUT2D eigenvalue weighted by Crippen LogP contribution is -2.52. The highest BCUT2D eigenvalue weighted by Gasteiger charge is 2.41. The molecule has 0 aromatic heterocycles. The van der Waals surface area contributed by atoms with Gasteiger partial charge in [-0.15, -0.1) is 0 Å². The van der Waals surface area contributed by atoms with Crippen LogP contribution >= 0.6 is 0 Å². The Kier molecular flexibility index (Phi) is 6.21. The van der Waals surface area contributed by atoms with Crippen LogP contribution < -0.4 is 5.73 Å². The molecular weight excluding hydrogens is 268 g/mol. The highest BCUT2D eigenvalue weighted by atomic mass is 15.2. The van der Waals surface area contributed by atoms with Crippen molar-refractivity contribution >= 4 is 0 Å². The minimum Gasteiger partial charge on any atom is -0.327 e. The maximum absolute atomic E-state index is 6.40. The number of piperidine rings is 1. The van der Waals surface area contributed by atoms with E-state index in [4.69, 9.17) is 5.73 Å². The van der Waals surface area contributed by atoms with Crippen LogP contribution in [0.3, 0.4) is 0 Å². The number of hydrogen-bond donors (Lipinski definition) is 1. The van der Waals surface area contributed by atoms with Gasteiger partial charge in [-0.1, -0.05) is 58.3 Å². The number of rotatable bonds is 1. The Morgan fingerprint density at radius 1 is 0.682 bits per heavy atom. The molecule has 2 bridgehead atoms. The van der Waals surface area contributed by atoms with E-state index in [1.54, 1.807) is 0 Å². The van der Waals surface area contributed by atoms with Crippen LogP contribution in [-0.2, 0) is 0 Å². The topological polar surface area (TPSA) is 29.3 Å². The van der Waals surface area contributed by atoms with E-state index in [9.17, 15) is 0 Å². The summed E-state index contributed by atoms with van der Waals surface area (Å²) < 4.78 is 0. The van der Waals surface area contributed by atoms with Gasteiger partial charge in [-0.05, 0) is 43.4 Å². The Labute approximate surface area is 138 Å². The van der Waals surface area contributed by atoms with Gasteiger partial charge in [0.25, 0.3) is 0 Å². The fourth-order valence-electron chi connectivity index (χ4n) is 5.35. The molecule has 2 N–H and O–H groups in total. The van der Waals surface area contributed by atoms with Crippen molar-refractivity contribution in [1.82, 2.24) is 4.90 Å². The lowest BCUT2D eigenvalue weighted by molar-refractivity contribution is 0.0882. The zero-order chi connectivity index (χ0) is 15.4. The number of hydrogen-bond acceptors (Lipinski definition) is 2. The van der Waals surface area contributed by atoms with Crippen LogP contribution in [0.5, 0.6) is 0 Å². The third-order valence-corrected chi connectivity index (χ3v) is 6.92. The minimum absolute atomic E-state index is 0.517. The maximum Gasteiger partial charge on any atom is 0.0120 e. The number of fused-ring (bicyclic) bond motifs is 2. The second-order valence-electron chi connectivity index (χ2n) is 8.66. The van der Waals surface area contributed by atoms with Crippen LogP contribution in [0.25, 0.3) is 0 Å². The summed E-state index contributed by atoms with van der Waals surface area (Å²) >= 11 is 0. The van der Waals surface area contributed by atoms with E-state index in [1.165, 1.54) is 90.1 Å². The van der Waals surface area contributed by atoms with E-state index < -0.39 is 0 Å². The minimum atomic E-state index is 0.517. The fourth-order valence-corrected chi connectivity index (χ4v) is 5.35. The Morgan fingerprint density at radius 3 is 1.82 bits per heavy atom. The molecule has 1 aliphatic heterocycles. The van der Waals surface area contributed by atoms with E-state index in [0.717, 1.165) is 23.8 Å². The third kappa shape index (κ3) is 4.26. The van der Waals surface area contributed by atoms with Gasteiger partial charge in [0.1, 0.15) is 0 Å².